The average Bonchev–Trinajstić information content (AvgIpc) is 2.90. The molecule has 92 valence electrons. The third kappa shape index (κ3) is 1.70. The van der Waals surface area contributed by atoms with Crippen LogP contribution in [0.4, 0.5) is 0 Å². The first-order valence-electron chi connectivity index (χ1n) is 6.10. The molecule has 0 spiro atoms. The molecule has 4 nitrogen and oxygen atoms in total. The number of H-pyrrole nitrogens is 1. The first kappa shape index (κ1) is 11.0. The second kappa shape index (κ2) is 3.98. The number of nitrogens with zero attached hydrogens (tertiary/aromatic N) is 2. The van der Waals surface area contributed by atoms with Gasteiger partial charge in [-0.1, -0.05) is 13.0 Å². The van der Waals surface area contributed by atoms with Crippen molar-refractivity contribution in [2.24, 2.45) is 0 Å². The molecule has 0 saturated carbocycles. The van der Waals surface area contributed by atoms with Gasteiger partial charge in [0.05, 0.1) is 16.7 Å². The second-order valence-corrected chi connectivity index (χ2v) is 4.44. The molecule has 1 aromatic carbocycles. The molecule has 3 aromatic rings. The van der Waals surface area contributed by atoms with Crippen LogP contribution < -0.4 is 0 Å². The summed E-state index contributed by atoms with van der Waals surface area (Å²) in [7, 11) is 0. The van der Waals surface area contributed by atoms with Gasteiger partial charge in [-0.15, -0.1) is 0 Å². The lowest BCUT2D eigenvalue weighted by atomic mass is 10.1. The Morgan fingerprint density at radius 2 is 2.06 bits per heavy atom. The van der Waals surface area contributed by atoms with Gasteiger partial charge in [0.2, 0.25) is 0 Å². The average molecular weight is 241 g/mol. The van der Waals surface area contributed by atoms with E-state index in [0.29, 0.717) is 5.89 Å². The van der Waals surface area contributed by atoms with Crippen molar-refractivity contribution in [1.82, 2.24) is 15.0 Å². The molecule has 0 aliphatic carbocycles. The zero-order valence-corrected chi connectivity index (χ0v) is 10.7. The van der Waals surface area contributed by atoms with Crippen LogP contribution >= 0.6 is 0 Å². The highest BCUT2D eigenvalue weighted by molar-refractivity contribution is 5.79. The summed E-state index contributed by atoms with van der Waals surface area (Å²) >= 11 is 0. The van der Waals surface area contributed by atoms with Crippen molar-refractivity contribution in [1.29, 1.82) is 0 Å². The minimum Gasteiger partial charge on any atom is -0.437 e. The molecular formula is C14H15N3O. The molecule has 0 radical (unpaired) electrons. The lowest BCUT2D eigenvalue weighted by molar-refractivity contribution is 0.531. The van der Waals surface area contributed by atoms with Crippen molar-refractivity contribution in [3.05, 3.63) is 35.3 Å². The summed E-state index contributed by atoms with van der Waals surface area (Å²) in [5.74, 6) is 2.13. The van der Waals surface area contributed by atoms with Gasteiger partial charge in [-0.25, -0.2) is 9.97 Å². The normalized spacial score (nSPS) is 11.3. The highest BCUT2D eigenvalue weighted by Crippen LogP contribution is 2.24. The van der Waals surface area contributed by atoms with Crippen LogP contribution in [0.1, 0.15) is 24.1 Å². The Hall–Kier alpha value is -2.10. The van der Waals surface area contributed by atoms with E-state index in [1.807, 2.05) is 19.9 Å². The van der Waals surface area contributed by atoms with E-state index in [1.165, 1.54) is 5.56 Å². The Kier molecular flexibility index (Phi) is 2.44. The van der Waals surface area contributed by atoms with E-state index in [9.17, 15) is 0 Å². The zero-order valence-electron chi connectivity index (χ0n) is 10.7. The molecule has 18 heavy (non-hydrogen) atoms. The predicted molar refractivity (Wildman–Crippen MR) is 70.4 cm³/mol. The number of hydrogen-bond acceptors (Lipinski definition) is 3. The molecule has 0 aliphatic heterocycles. The summed E-state index contributed by atoms with van der Waals surface area (Å²) in [5, 5.41) is 0. The first-order valence-corrected chi connectivity index (χ1v) is 6.10. The number of aryl methyl sites for hydroxylation is 3. The number of benzene rings is 1. The van der Waals surface area contributed by atoms with Crippen LogP contribution in [0.3, 0.4) is 0 Å². The zero-order chi connectivity index (χ0) is 12.7. The molecule has 4 heteroatoms. The van der Waals surface area contributed by atoms with E-state index in [1.54, 1.807) is 0 Å². The van der Waals surface area contributed by atoms with Crippen molar-refractivity contribution in [3.63, 3.8) is 0 Å². The molecule has 0 saturated heterocycles. The Morgan fingerprint density at radius 1 is 1.22 bits per heavy atom. The van der Waals surface area contributed by atoms with E-state index in [-0.39, 0.29) is 0 Å². The molecule has 0 amide bonds. The van der Waals surface area contributed by atoms with Crippen molar-refractivity contribution in [2.75, 3.05) is 0 Å². The van der Waals surface area contributed by atoms with Crippen molar-refractivity contribution in [2.45, 2.75) is 27.2 Å². The van der Waals surface area contributed by atoms with Gasteiger partial charge in [-0.3, -0.25) is 0 Å². The molecule has 0 aliphatic rings. The minimum absolute atomic E-state index is 0.664. The summed E-state index contributed by atoms with van der Waals surface area (Å²) in [6.07, 6.45) is 1.02. The summed E-state index contributed by atoms with van der Waals surface area (Å²) in [5.41, 5.74) is 4.15. The van der Waals surface area contributed by atoms with E-state index in [4.69, 9.17) is 4.42 Å². The van der Waals surface area contributed by atoms with E-state index < -0.39 is 0 Å². The van der Waals surface area contributed by atoms with Crippen LogP contribution in [0.15, 0.2) is 22.6 Å². The Bertz CT molecular complexity index is 709. The van der Waals surface area contributed by atoms with Crippen LogP contribution in [0.25, 0.3) is 22.6 Å². The summed E-state index contributed by atoms with van der Waals surface area (Å²) in [6.45, 7) is 5.91. The molecule has 2 aromatic heterocycles. The number of fused-ring (bicyclic) bond motifs is 1. The fourth-order valence-corrected chi connectivity index (χ4v) is 2.14. The van der Waals surface area contributed by atoms with Gasteiger partial charge in [0.15, 0.2) is 17.5 Å². The van der Waals surface area contributed by atoms with Gasteiger partial charge in [-0.05, 0) is 31.0 Å². The van der Waals surface area contributed by atoms with E-state index in [2.05, 4.69) is 34.0 Å². The number of imidazole rings is 1. The number of aromatic amines is 1. The van der Waals surface area contributed by atoms with Crippen molar-refractivity contribution >= 4 is 11.0 Å². The van der Waals surface area contributed by atoms with Gasteiger partial charge in [0.25, 0.3) is 0 Å². The van der Waals surface area contributed by atoms with Crippen LogP contribution in [0.2, 0.25) is 0 Å². The van der Waals surface area contributed by atoms with Crippen molar-refractivity contribution in [3.8, 4) is 11.6 Å². The highest BCUT2D eigenvalue weighted by atomic mass is 16.4. The van der Waals surface area contributed by atoms with Crippen LogP contribution in [0, 0.1) is 13.8 Å². The molecule has 0 fully saturated rings. The Morgan fingerprint density at radius 3 is 2.72 bits per heavy atom. The maximum absolute atomic E-state index is 5.58. The molecule has 0 atom stereocenters. The number of aromatic nitrogens is 3. The van der Waals surface area contributed by atoms with Crippen LogP contribution in [0.5, 0.6) is 0 Å². The van der Waals surface area contributed by atoms with Crippen molar-refractivity contribution < 1.29 is 4.42 Å². The number of rotatable bonds is 2. The molecule has 0 bridgehead atoms. The van der Waals surface area contributed by atoms with Crippen LogP contribution in [-0.4, -0.2) is 15.0 Å². The van der Waals surface area contributed by atoms with Gasteiger partial charge in [0.1, 0.15) is 0 Å². The first-order chi connectivity index (χ1) is 8.67. The maximum atomic E-state index is 5.58. The third-order valence-corrected chi connectivity index (χ3v) is 3.07. The van der Waals surface area contributed by atoms with Gasteiger partial charge in [-0.2, -0.15) is 0 Å². The quantitative estimate of drug-likeness (QED) is 0.748. The smallest absolute Gasteiger partial charge is 0.192 e. The Labute approximate surface area is 105 Å². The fraction of sp³-hybridized carbons (Fsp3) is 0.286. The summed E-state index contributed by atoms with van der Waals surface area (Å²) in [4.78, 5) is 12.1. The SMILES string of the molecule is CCc1ccc2nc(-c3oc(C)nc3C)[nH]c2c1. The van der Waals surface area contributed by atoms with E-state index >= 15 is 0 Å². The molecule has 3 rings (SSSR count). The third-order valence-electron chi connectivity index (χ3n) is 3.07. The minimum atomic E-state index is 0.664. The topological polar surface area (TPSA) is 54.7 Å². The lowest BCUT2D eigenvalue weighted by Crippen LogP contribution is -1.80. The molecule has 1 N–H and O–H groups in total. The van der Waals surface area contributed by atoms with Gasteiger partial charge < -0.3 is 9.40 Å². The standard InChI is InChI=1S/C14H15N3O/c1-4-10-5-6-11-12(7-10)17-14(16-11)13-8(2)15-9(3)18-13/h5-7H,4H2,1-3H3,(H,16,17). The number of nitrogens with one attached hydrogen (secondary N) is 1. The fourth-order valence-electron chi connectivity index (χ4n) is 2.14. The van der Waals surface area contributed by atoms with Crippen LogP contribution in [-0.2, 0) is 6.42 Å². The molecule has 2 heterocycles. The summed E-state index contributed by atoms with van der Waals surface area (Å²) < 4.78 is 5.58. The largest absolute Gasteiger partial charge is 0.437 e. The number of hydrogen-bond donors (Lipinski definition) is 1. The monoisotopic (exact) mass is 241 g/mol. The number of oxazole rings is 1. The van der Waals surface area contributed by atoms with E-state index in [0.717, 1.165) is 34.7 Å². The van der Waals surface area contributed by atoms with Gasteiger partial charge >= 0.3 is 0 Å². The summed E-state index contributed by atoms with van der Waals surface area (Å²) in [6, 6.07) is 6.27. The maximum Gasteiger partial charge on any atom is 0.192 e. The van der Waals surface area contributed by atoms with Gasteiger partial charge in [0, 0.05) is 6.92 Å². The predicted octanol–water partition coefficient (Wildman–Crippen LogP) is 3.40. The second-order valence-electron chi connectivity index (χ2n) is 4.44. The highest BCUT2D eigenvalue weighted by Gasteiger charge is 2.13. The lowest BCUT2D eigenvalue weighted by Gasteiger charge is -1.93. The Balaban J connectivity index is 2.16. The molecule has 0 unspecified atom stereocenters. The molecular weight excluding hydrogens is 226 g/mol.